The summed E-state index contributed by atoms with van der Waals surface area (Å²) in [5.74, 6) is 0.739. The highest BCUT2D eigenvalue weighted by atomic mass is 16.2. The number of hydrogen-bond acceptors (Lipinski definition) is 4. The van der Waals surface area contributed by atoms with Crippen LogP contribution in [0.15, 0.2) is 24.3 Å². The molecule has 5 N–H and O–H groups in total. The minimum Gasteiger partial charge on any atom is -0.353 e. The highest BCUT2D eigenvalue weighted by Crippen LogP contribution is 2.39. The molecular formula is C20H27N5O2. The fourth-order valence-corrected chi connectivity index (χ4v) is 4.79. The largest absolute Gasteiger partial charge is 0.353 e. The Balaban J connectivity index is 1.28. The van der Waals surface area contributed by atoms with E-state index in [4.69, 9.17) is 5.73 Å². The van der Waals surface area contributed by atoms with Gasteiger partial charge in [-0.15, -0.1) is 0 Å². The smallest absolute Gasteiger partial charge is 0.272 e. The molecule has 1 aromatic carbocycles. The fourth-order valence-electron chi connectivity index (χ4n) is 4.79. The number of nitrogens with one attached hydrogen (secondary N) is 3. The number of aromatic amines is 1. The summed E-state index contributed by atoms with van der Waals surface area (Å²) in [5.41, 5.74) is 7.33. The number of carbonyl (C=O) groups is 2. The molecule has 7 nitrogen and oxygen atoms in total. The molecule has 1 heterocycles. The maximum atomic E-state index is 12.4. The molecule has 2 amide bonds. The average Bonchev–Trinajstić information content (AvgIpc) is 3.06. The zero-order valence-corrected chi connectivity index (χ0v) is 15.4. The van der Waals surface area contributed by atoms with Crippen molar-refractivity contribution in [3.05, 3.63) is 30.0 Å². The van der Waals surface area contributed by atoms with Crippen LogP contribution in [0.3, 0.4) is 0 Å². The van der Waals surface area contributed by atoms with Crippen molar-refractivity contribution in [1.29, 1.82) is 0 Å². The van der Waals surface area contributed by atoms with Crippen molar-refractivity contribution in [1.82, 2.24) is 20.8 Å². The molecule has 4 rings (SSSR count). The Morgan fingerprint density at radius 3 is 2.70 bits per heavy atom. The van der Waals surface area contributed by atoms with Crippen LogP contribution in [0.1, 0.15) is 49.0 Å². The van der Waals surface area contributed by atoms with Gasteiger partial charge in [0.25, 0.3) is 5.91 Å². The number of carbonyl (C=O) groups excluding carboxylic acids is 2. The molecule has 0 radical (unpaired) electrons. The lowest BCUT2D eigenvalue weighted by Crippen LogP contribution is -2.54. The van der Waals surface area contributed by atoms with Crippen molar-refractivity contribution in [2.75, 3.05) is 6.54 Å². The van der Waals surface area contributed by atoms with Crippen molar-refractivity contribution >= 4 is 22.7 Å². The van der Waals surface area contributed by atoms with Crippen LogP contribution in [0.25, 0.3) is 10.9 Å². The molecule has 0 aliphatic heterocycles. The van der Waals surface area contributed by atoms with Crippen molar-refractivity contribution < 1.29 is 9.59 Å². The summed E-state index contributed by atoms with van der Waals surface area (Å²) in [6, 6.07) is 8.01. The third-order valence-electron chi connectivity index (χ3n) is 6.03. The second kappa shape index (κ2) is 7.68. The molecule has 2 bridgehead atoms. The summed E-state index contributed by atoms with van der Waals surface area (Å²) in [4.78, 5) is 24.7. The predicted molar refractivity (Wildman–Crippen MR) is 103 cm³/mol. The van der Waals surface area contributed by atoms with Crippen LogP contribution in [-0.4, -0.2) is 40.6 Å². The van der Waals surface area contributed by atoms with Crippen LogP contribution in [0, 0.1) is 11.8 Å². The quantitative estimate of drug-likeness (QED) is 0.642. The summed E-state index contributed by atoms with van der Waals surface area (Å²) in [7, 11) is 0. The summed E-state index contributed by atoms with van der Waals surface area (Å²) in [6.45, 7) is 0.299. The van der Waals surface area contributed by atoms with Gasteiger partial charge in [-0.25, -0.2) is 0 Å². The Morgan fingerprint density at radius 2 is 1.93 bits per heavy atom. The molecular weight excluding hydrogens is 342 g/mol. The first kappa shape index (κ1) is 18.0. The van der Waals surface area contributed by atoms with Crippen LogP contribution in [0.4, 0.5) is 0 Å². The number of H-pyrrole nitrogens is 1. The molecule has 0 spiro atoms. The molecule has 2 unspecified atom stereocenters. The Bertz CT molecular complexity index is 819. The third kappa shape index (κ3) is 3.83. The normalized spacial score (nSPS) is 27.3. The van der Waals surface area contributed by atoms with Gasteiger partial charge < -0.3 is 16.4 Å². The number of amides is 2. The molecule has 144 valence electrons. The van der Waals surface area contributed by atoms with Gasteiger partial charge in [0, 0.05) is 30.4 Å². The molecule has 2 saturated carbocycles. The Labute approximate surface area is 158 Å². The van der Waals surface area contributed by atoms with Crippen molar-refractivity contribution in [3.63, 3.8) is 0 Å². The van der Waals surface area contributed by atoms with Gasteiger partial charge >= 0.3 is 0 Å². The van der Waals surface area contributed by atoms with Gasteiger partial charge in [-0.2, -0.15) is 5.10 Å². The van der Waals surface area contributed by atoms with Gasteiger partial charge in [0.1, 0.15) is 0 Å². The second-order valence-electron chi connectivity index (χ2n) is 7.90. The molecule has 2 aliphatic rings. The van der Waals surface area contributed by atoms with Gasteiger partial charge in [-0.1, -0.05) is 24.6 Å². The van der Waals surface area contributed by atoms with Crippen LogP contribution < -0.4 is 16.4 Å². The van der Waals surface area contributed by atoms with E-state index < -0.39 is 0 Å². The number of nitrogens with zero attached hydrogens (tertiary/aromatic N) is 1. The first-order valence-corrected chi connectivity index (χ1v) is 9.88. The molecule has 2 atom stereocenters. The zero-order valence-electron chi connectivity index (χ0n) is 15.4. The molecule has 27 heavy (non-hydrogen) atoms. The number of aromatic nitrogens is 2. The maximum absolute atomic E-state index is 12.4. The number of benzene rings is 1. The predicted octanol–water partition coefficient (Wildman–Crippen LogP) is 1.70. The minimum absolute atomic E-state index is 0.000410. The van der Waals surface area contributed by atoms with Crippen LogP contribution in [0.2, 0.25) is 0 Å². The van der Waals surface area contributed by atoms with Crippen molar-refractivity contribution in [2.45, 2.75) is 50.6 Å². The summed E-state index contributed by atoms with van der Waals surface area (Å²) in [5, 5.41) is 13.7. The van der Waals surface area contributed by atoms with E-state index in [-0.39, 0.29) is 30.3 Å². The number of para-hydroxylation sites is 1. The van der Waals surface area contributed by atoms with Gasteiger partial charge in [0.05, 0.1) is 5.52 Å². The standard InChI is InChI=1S/C20H27N5O2/c21-14-10-12-4-3-5-13(11-14)18(12)23-17(26)8-9-22-20(27)19-15-6-1-2-7-16(15)24-25-19/h1-2,6-7,12-14,18H,3-5,8-11,21H2,(H,22,27)(H,23,26)(H,24,25). The summed E-state index contributed by atoms with van der Waals surface area (Å²) in [6.07, 6.45) is 5.82. The molecule has 0 saturated heterocycles. The fraction of sp³-hybridized carbons (Fsp3) is 0.550. The van der Waals surface area contributed by atoms with E-state index in [9.17, 15) is 9.59 Å². The first-order valence-electron chi connectivity index (χ1n) is 9.88. The SMILES string of the molecule is NC1CC2CCCC(C1)C2NC(=O)CCNC(=O)c1n[nH]c2ccccc12. The lowest BCUT2D eigenvalue weighted by molar-refractivity contribution is -0.123. The van der Waals surface area contributed by atoms with Crippen molar-refractivity contribution in [3.8, 4) is 0 Å². The highest BCUT2D eigenvalue weighted by Gasteiger charge is 2.39. The first-order chi connectivity index (χ1) is 13.1. The number of hydrogen-bond donors (Lipinski definition) is 4. The second-order valence-corrected chi connectivity index (χ2v) is 7.90. The number of nitrogens with two attached hydrogens (primary N) is 1. The van der Waals surface area contributed by atoms with E-state index in [0.29, 0.717) is 24.1 Å². The molecule has 2 aromatic rings. The minimum atomic E-state index is -0.263. The highest BCUT2D eigenvalue weighted by molar-refractivity contribution is 6.04. The van der Waals surface area contributed by atoms with E-state index in [1.165, 1.54) is 6.42 Å². The Morgan fingerprint density at radius 1 is 1.19 bits per heavy atom. The molecule has 2 aliphatic carbocycles. The Kier molecular flexibility index (Phi) is 5.11. The zero-order chi connectivity index (χ0) is 18.8. The maximum Gasteiger partial charge on any atom is 0.272 e. The number of rotatable bonds is 5. The van der Waals surface area contributed by atoms with Crippen LogP contribution >= 0.6 is 0 Å². The lowest BCUT2D eigenvalue weighted by Gasteiger charge is -2.45. The topological polar surface area (TPSA) is 113 Å². The Hall–Kier alpha value is -2.41. The van der Waals surface area contributed by atoms with Crippen LogP contribution in [0.5, 0.6) is 0 Å². The van der Waals surface area contributed by atoms with E-state index in [0.717, 1.165) is 36.6 Å². The van der Waals surface area contributed by atoms with E-state index in [1.54, 1.807) is 0 Å². The molecule has 2 fully saturated rings. The summed E-state index contributed by atoms with van der Waals surface area (Å²) >= 11 is 0. The van der Waals surface area contributed by atoms with Gasteiger partial charge in [-0.3, -0.25) is 14.7 Å². The van der Waals surface area contributed by atoms with Gasteiger partial charge in [0.15, 0.2) is 5.69 Å². The van der Waals surface area contributed by atoms with Crippen molar-refractivity contribution in [2.24, 2.45) is 17.6 Å². The average molecular weight is 369 g/mol. The monoisotopic (exact) mass is 369 g/mol. The van der Waals surface area contributed by atoms with E-state index in [1.807, 2.05) is 24.3 Å². The van der Waals surface area contributed by atoms with E-state index in [2.05, 4.69) is 20.8 Å². The van der Waals surface area contributed by atoms with Gasteiger partial charge in [0.2, 0.25) is 5.91 Å². The summed E-state index contributed by atoms with van der Waals surface area (Å²) < 4.78 is 0. The van der Waals surface area contributed by atoms with E-state index >= 15 is 0 Å². The molecule has 1 aromatic heterocycles. The van der Waals surface area contributed by atoms with Crippen LogP contribution in [-0.2, 0) is 4.79 Å². The number of fused-ring (bicyclic) bond motifs is 3. The van der Waals surface area contributed by atoms with Gasteiger partial charge in [-0.05, 0) is 43.6 Å². The lowest BCUT2D eigenvalue weighted by atomic mass is 9.67. The third-order valence-corrected chi connectivity index (χ3v) is 6.03. The molecule has 7 heteroatoms.